The fourth-order valence-electron chi connectivity index (χ4n) is 1.94. The number of hydrogen-bond acceptors (Lipinski definition) is 3. The van der Waals surface area contributed by atoms with Crippen LogP contribution in [0.4, 0.5) is 16.2 Å². The van der Waals surface area contributed by atoms with E-state index in [4.69, 9.17) is 0 Å². The number of carbonyl (C=O) groups excluding carboxylic acids is 1. The van der Waals surface area contributed by atoms with Crippen LogP contribution in [0.3, 0.4) is 0 Å². The monoisotopic (exact) mass is 248 g/mol. The Hall–Kier alpha value is -1.91. The van der Waals surface area contributed by atoms with Crippen LogP contribution in [0, 0.1) is 0 Å². The summed E-state index contributed by atoms with van der Waals surface area (Å²) in [5, 5.41) is 6.11. The average molecular weight is 248 g/mol. The minimum atomic E-state index is 0.0414. The molecule has 0 unspecified atom stereocenters. The summed E-state index contributed by atoms with van der Waals surface area (Å²) in [7, 11) is 4.04. The minimum Gasteiger partial charge on any atom is -0.383 e. The number of nitrogens with zero attached hydrogens (tertiary/aromatic N) is 2. The zero-order valence-corrected chi connectivity index (χ0v) is 10.9. The zero-order chi connectivity index (χ0) is 13.0. The predicted octanol–water partition coefficient (Wildman–Crippen LogP) is 1.19. The van der Waals surface area contributed by atoms with Crippen molar-refractivity contribution >= 4 is 17.4 Å². The largest absolute Gasteiger partial charge is 0.383 e. The van der Waals surface area contributed by atoms with Gasteiger partial charge in [0.1, 0.15) is 0 Å². The van der Waals surface area contributed by atoms with Crippen LogP contribution in [-0.4, -0.2) is 51.2 Å². The van der Waals surface area contributed by atoms with Crippen LogP contribution in [0.25, 0.3) is 0 Å². The number of benzene rings is 1. The topological polar surface area (TPSA) is 47.6 Å². The van der Waals surface area contributed by atoms with Gasteiger partial charge in [0.15, 0.2) is 0 Å². The Labute approximate surface area is 108 Å². The molecule has 1 heterocycles. The van der Waals surface area contributed by atoms with Crippen molar-refractivity contribution < 1.29 is 4.79 Å². The molecular weight excluding hydrogens is 228 g/mol. The Kier molecular flexibility index (Phi) is 3.92. The normalized spacial score (nSPS) is 14.6. The highest BCUT2D eigenvalue weighted by Gasteiger charge is 2.17. The van der Waals surface area contributed by atoms with Gasteiger partial charge in [0.2, 0.25) is 0 Å². The summed E-state index contributed by atoms with van der Waals surface area (Å²) in [6.45, 7) is 3.08. The highest BCUT2D eigenvalue weighted by molar-refractivity contribution is 5.76. The molecule has 1 aliphatic heterocycles. The summed E-state index contributed by atoms with van der Waals surface area (Å²) in [4.78, 5) is 15.2. The van der Waals surface area contributed by atoms with E-state index in [0.29, 0.717) is 0 Å². The molecule has 1 aliphatic rings. The Morgan fingerprint density at radius 2 is 2.06 bits per heavy atom. The Bertz CT molecular complexity index is 402. The van der Waals surface area contributed by atoms with Gasteiger partial charge in [-0.05, 0) is 24.3 Å². The van der Waals surface area contributed by atoms with E-state index in [1.165, 1.54) is 5.69 Å². The molecule has 2 amide bonds. The number of carbonyl (C=O) groups is 1. The fourth-order valence-corrected chi connectivity index (χ4v) is 1.94. The van der Waals surface area contributed by atoms with Gasteiger partial charge < -0.3 is 20.4 Å². The first kappa shape index (κ1) is 12.5. The third kappa shape index (κ3) is 3.06. The summed E-state index contributed by atoms with van der Waals surface area (Å²) in [6, 6.07) is 8.30. The van der Waals surface area contributed by atoms with E-state index >= 15 is 0 Å². The number of nitrogens with one attached hydrogen (secondary N) is 2. The smallest absolute Gasteiger partial charge is 0.317 e. The molecule has 98 valence electrons. The molecule has 0 bridgehead atoms. The molecule has 0 atom stereocenters. The van der Waals surface area contributed by atoms with Gasteiger partial charge in [0, 0.05) is 51.6 Å². The Balaban J connectivity index is 1.78. The summed E-state index contributed by atoms with van der Waals surface area (Å²) >= 11 is 0. The summed E-state index contributed by atoms with van der Waals surface area (Å²) in [5.41, 5.74) is 2.26. The second-order valence-corrected chi connectivity index (χ2v) is 4.59. The molecule has 5 heteroatoms. The fraction of sp³-hybridized carbons (Fsp3) is 0.462. The van der Waals surface area contributed by atoms with Crippen LogP contribution in [0.15, 0.2) is 24.3 Å². The molecule has 0 aliphatic carbocycles. The first-order chi connectivity index (χ1) is 8.66. The number of hydrogen-bond donors (Lipinski definition) is 2. The van der Waals surface area contributed by atoms with Gasteiger partial charge in [-0.15, -0.1) is 0 Å². The highest BCUT2D eigenvalue weighted by atomic mass is 16.2. The third-order valence-corrected chi connectivity index (χ3v) is 3.04. The molecule has 0 saturated carbocycles. The van der Waals surface area contributed by atoms with Crippen LogP contribution in [-0.2, 0) is 0 Å². The molecule has 0 spiro atoms. The van der Waals surface area contributed by atoms with Crippen molar-refractivity contribution in [2.24, 2.45) is 0 Å². The maximum absolute atomic E-state index is 11.3. The second-order valence-electron chi connectivity index (χ2n) is 4.59. The van der Waals surface area contributed by atoms with Crippen molar-refractivity contribution in [3.63, 3.8) is 0 Å². The Morgan fingerprint density at radius 1 is 1.33 bits per heavy atom. The van der Waals surface area contributed by atoms with E-state index in [1.807, 2.05) is 19.0 Å². The molecule has 0 radical (unpaired) electrons. The van der Waals surface area contributed by atoms with Gasteiger partial charge in [0.25, 0.3) is 0 Å². The van der Waals surface area contributed by atoms with Gasteiger partial charge in [-0.25, -0.2) is 4.79 Å². The number of rotatable bonds is 5. The first-order valence-electron chi connectivity index (χ1n) is 6.21. The summed E-state index contributed by atoms with van der Waals surface area (Å²) < 4.78 is 0. The van der Waals surface area contributed by atoms with Crippen LogP contribution in [0.1, 0.15) is 0 Å². The molecule has 2 N–H and O–H groups in total. The average Bonchev–Trinajstić information content (AvgIpc) is 2.76. The second kappa shape index (κ2) is 5.62. The van der Waals surface area contributed by atoms with Crippen LogP contribution in [0.5, 0.6) is 0 Å². The lowest BCUT2D eigenvalue weighted by Crippen LogP contribution is -2.32. The maximum atomic E-state index is 11.3. The van der Waals surface area contributed by atoms with Crippen molar-refractivity contribution in [1.82, 2.24) is 10.2 Å². The lowest BCUT2D eigenvalue weighted by atomic mass is 10.2. The number of urea groups is 1. The van der Waals surface area contributed by atoms with E-state index in [0.717, 1.165) is 31.9 Å². The molecule has 2 rings (SSSR count). The van der Waals surface area contributed by atoms with Crippen molar-refractivity contribution in [1.29, 1.82) is 0 Å². The van der Waals surface area contributed by atoms with E-state index < -0.39 is 0 Å². The standard InChI is InChI=1S/C13H20N4O/c1-16(2)12-5-3-11(4-6-12)14-7-9-17-10-8-15-13(17)18/h3-6,14H,7-10H2,1-2H3,(H,15,18). The lowest BCUT2D eigenvalue weighted by Gasteiger charge is -2.16. The van der Waals surface area contributed by atoms with Gasteiger partial charge >= 0.3 is 6.03 Å². The molecule has 1 aromatic rings. The number of amides is 2. The first-order valence-corrected chi connectivity index (χ1v) is 6.21. The highest BCUT2D eigenvalue weighted by Crippen LogP contribution is 2.15. The van der Waals surface area contributed by atoms with Crippen molar-refractivity contribution in [3.8, 4) is 0 Å². The zero-order valence-electron chi connectivity index (χ0n) is 10.9. The Morgan fingerprint density at radius 3 is 2.61 bits per heavy atom. The van der Waals surface area contributed by atoms with E-state index in [1.54, 1.807) is 0 Å². The van der Waals surface area contributed by atoms with E-state index in [2.05, 4.69) is 39.8 Å². The molecule has 18 heavy (non-hydrogen) atoms. The maximum Gasteiger partial charge on any atom is 0.317 e. The third-order valence-electron chi connectivity index (χ3n) is 3.04. The minimum absolute atomic E-state index is 0.0414. The molecule has 1 aromatic carbocycles. The van der Waals surface area contributed by atoms with Gasteiger partial charge in [-0.3, -0.25) is 0 Å². The predicted molar refractivity (Wildman–Crippen MR) is 74.2 cm³/mol. The van der Waals surface area contributed by atoms with Crippen LogP contribution >= 0.6 is 0 Å². The van der Waals surface area contributed by atoms with Gasteiger partial charge in [-0.2, -0.15) is 0 Å². The van der Waals surface area contributed by atoms with Crippen LogP contribution in [0.2, 0.25) is 0 Å². The van der Waals surface area contributed by atoms with Crippen molar-refractivity contribution in [2.45, 2.75) is 0 Å². The molecule has 0 aromatic heterocycles. The van der Waals surface area contributed by atoms with Crippen molar-refractivity contribution in [2.75, 3.05) is 50.5 Å². The molecule has 1 fully saturated rings. The lowest BCUT2D eigenvalue weighted by molar-refractivity contribution is 0.219. The molecule has 1 saturated heterocycles. The molecular formula is C13H20N4O. The van der Waals surface area contributed by atoms with Crippen LogP contribution < -0.4 is 15.5 Å². The van der Waals surface area contributed by atoms with Gasteiger partial charge in [0.05, 0.1) is 0 Å². The van der Waals surface area contributed by atoms with E-state index in [-0.39, 0.29) is 6.03 Å². The quantitative estimate of drug-likeness (QED) is 0.823. The van der Waals surface area contributed by atoms with E-state index in [9.17, 15) is 4.79 Å². The number of anilines is 2. The summed E-state index contributed by atoms with van der Waals surface area (Å²) in [6.07, 6.45) is 0. The molecule has 5 nitrogen and oxygen atoms in total. The van der Waals surface area contributed by atoms with Crippen molar-refractivity contribution in [3.05, 3.63) is 24.3 Å². The SMILES string of the molecule is CN(C)c1ccc(NCCN2CCNC2=O)cc1. The van der Waals surface area contributed by atoms with Gasteiger partial charge in [-0.1, -0.05) is 0 Å². The summed E-state index contributed by atoms with van der Waals surface area (Å²) in [5.74, 6) is 0.